The maximum absolute atomic E-state index is 6.10. The van der Waals surface area contributed by atoms with Crippen LogP contribution in [0.1, 0.15) is 46.0 Å². The predicted molar refractivity (Wildman–Crippen MR) is 128 cm³/mol. The molecule has 3 heterocycles. The Balaban J connectivity index is 1.22. The quantitative estimate of drug-likeness (QED) is 0.610. The minimum absolute atomic E-state index is 0.147. The number of rotatable bonds is 7. The maximum Gasteiger partial charge on any atom is 0.226 e. The molecular weight excluding hydrogens is 411 g/mol. The van der Waals surface area contributed by atoms with Crippen LogP contribution in [0, 0.1) is 11.3 Å². The van der Waals surface area contributed by atoms with Gasteiger partial charge in [0, 0.05) is 56.9 Å². The van der Waals surface area contributed by atoms with Crippen LogP contribution in [0.5, 0.6) is 0 Å². The van der Waals surface area contributed by atoms with Crippen LogP contribution in [-0.2, 0) is 9.05 Å². The van der Waals surface area contributed by atoms with E-state index in [1.807, 2.05) is 6.07 Å². The van der Waals surface area contributed by atoms with Crippen molar-refractivity contribution in [2.75, 3.05) is 74.6 Å². The number of hydrogen-bond donors (Lipinski definition) is 2. The Labute approximate surface area is 188 Å². The topological polar surface area (TPSA) is 88.8 Å². The van der Waals surface area contributed by atoms with Gasteiger partial charge in [0.05, 0.1) is 13.2 Å². The molecule has 0 spiro atoms. The van der Waals surface area contributed by atoms with Crippen molar-refractivity contribution in [2.24, 2.45) is 11.3 Å². The average molecular weight is 451 g/mol. The number of nitrogens with one attached hydrogen (secondary N) is 1. The van der Waals surface area contributed by atoms with Crippen LogP contribution in [0.25, 0.3) is 0 Å². The first-order valence-electron chi connectivity index (χ1n) is 11.9. The highest BCUT2D eigenvalue weighted by molar-refractivity contribution is 7.47. The van der Waals surface area contributed by atoms with Gasteiger partial charge < -0.3 is 25.0 Å². The van der Waals surface area contributed by atoms with Crippen molar-refractivity contribution >= 4 is 26.0 Å². The molecule has 9 heteroatoms. The zero-order chi connectivity index (χ0) is 21.7. The first-order valence-corrected chi connectivity index (χ1v) is 13.2. The Morgan fingerprint density at radius 2 is 1.81 bits per heavy atom. The van der Waals surface area contributed by atoms with E-state index in [2.05, 4.69) is 33.9 Å². The molecule has 1 aliphatic carbocycles. The van der Waals surface area contributed by atoms with E-state index in [0.717, 1.165) is 70.4 Å². The van der Waals surface area contributed by atoms with Crippen LogP contribution < -0.4 is 16.0 Å². The Hall–Kier alpha value is -1.21. The molecule has 3 fully saturated rings. The molecule has 1 aromatic heterocycles. The fourth-order valence-corrected chi connectivity index (χ4v) is 6.21. The summed E-state index contributed by atoms with van der Waals surface area (Å²) >= 11 is 0. The van der Waals surface area contributed by atoms with Crippen LogP contribution in [0.15, 0.2) is 6.07 Å². The molecule has 0 unspecified atom stereocenters. The minimum atomic E-state index is -0.729. The molecule has 3 N–H and O–H groups in total. The normalized spacial score (nSPS) is 23.7. The largest absolute Gasteiger partial charge is 0.383 e. The number of anilines is 3. The second-order valence-corrected chi connectivity index (χ2v) is 11.6. The van der Waals surface area contributed by atoms with Crippen LogP contribution in [0.4, 0.5) is 17.6 Å². The summed E-state index contributed by atoms with van der Waals surface area (Å²) in [5, 5.41) is 3.44. The van der Waals surface area contributed by atoms with Crippen molar-refractivity contribution in [3.63, 3.8) is 0 Å². The lowest BCUT2D eigenvalue weighted by atomic mass is 9.89. The van der Waals surface area contributed by atoms with Crippen molar-refractivity contribution in [2.45, 2.75) is 46.0 Å². The molecule has 1 saturated carbocycles. The van der Waals surface area contributed by atoms with Gasteiger partial charge in [0.25, 0.3) is 0 Å². The summed E-state index contributed by atoms with van der Waals surface area (Å²) in [6, 6.07) is 1.90. The van der Waals surface area contributed by atoms with Gasteiger partial charge in [-0.15, -0.1) is 0 Å². The number of hydrogen-bond acceptors (Lipinski definition) is 8. The number of nitrogen functional groups attached to an aromatic ring is 1. The van der Waals surface area contributed by atoms with Gasteiger partial charge in [-0.3, -0.25) is 4.90 Å². The Bertz CT molecular complexity index is 697. The van der Waals surface area contributed by atoms with Gasteiger partial charge in [0.1, 0.15) is 11.6 Å². The second kappa shape index (κ2) is 10.6. The third kappa shape index (κ3) is 6.88. The molecule has 1 aromatic rings. The van der Waals surface area contributed by atoms with Crippen molar-refractivity contribution in [1.29, 1.82) is 0 Å². The molecule has 2 aliphatic heterocycles. The molecule has 3 aliphatic rings. The van der Waals surface area contributed by atoms with Crippen molar-refractivity contribution < 1.29 is 9.05 Å². The molecule has 31 heavy (non-hydrogen) atoms. The minimum Gasteiger partial charge on any atom is -0.383 e. The molecule has 0 aromatic carbocycles. The number of nitrogens with two attached hydrogens (primary N) is 1. The third-order valence-corrected chi connectivity index (χ3v) is 7.90. The molecule has 2 saturated heterocycles. The van der Waals surface area contributed by atoms with Gasteiger partial charge >= 0.3 is 0 Å². The van der Waals surface area contributed by atoms with Crippen LogP contribution in [0.3, 0.4) is 0 Å². The Kier molecular flexibility index (Phi) is 7.86. The summed E-state index contributed by atoms with van der Waals surface area (Å²) in [6.45, 7) is 11.9. The zero-order valence-electron chi connectivity index (χ0n) is 19.2. The average Bonchev–Trinajstić information content (AvgIpc) is 2.78. The lowest BCUT2D eigenvalue weighted by molar-refractivity contribution is 0.0609. The van der Waals surface area contributed by atoms with E-state index >= 15 is 0 Å². The Morgan fingerprint density at radius 3 is 2.52 bits per heavy atom. The second-order valence-electron chi connectivity index (χ2n) is 9.96. The highest BCUT2D eigenvalue weighted by Crippen LogP contribution is 2.45. The van der Waals surface area contributed by atoms with Crippen molar-refractivity contribution in [3.8, 4) is 0 Å². The van der Waals surface area contributed by atoms with E-state index in [9.17, 15) is 0 Å². The summed E-state index contributed by atoms with van der Waals surface area (Å²) in [7, 11) is -0.729. The van der Waals surface area contributed by atoms with Crippen LogP contribution in [0.2, 0.25) is 0 Å². The summed E-state index contributed by atoms with van der Waals surface area (Å²) in [5.41, 5.74) is 6.24. The van der Waals surface area contributed by atoms with Crippen LogP contribution >= 0.6 is 8.38 Å². The molecule has 174 valence electrons. The van der Waals surface area contributed by atoms with Crippen LogP contribution in [-0.4, -0.2) is 73.5 Å². The Morgan fingerprint density at radius 1 is 1.10 bits per heavy atom. The monoisotopic (exact) mass is 450 g/mol. The summed E-state index contributed by atoms with van der Waals surface area (Å²) < 4.78 is 11.9. The van der Waals surface area contributed by atoms with Crippen molar-refractivity contribution in [1.82, 2.24) is 14.9 Å². The van der Waals surface area contributed by atoms with Gasteiger partial charge in [-0.2, -0.15) is 9.97 Å². The number of aromatic nitrogens is 2. The summed E-state index contributed by atoms with van der Waals surface area (Å²) in [4.78, 5) is 14.0. The van der Waals surface area contributed by atoms with E-state index in [0.29, 0.717) is 11.8 Å². The fourth-order valence-electron chi connectivity index (χ4n) is 4.45. The van der Waals surface area contributed by atoms with E-state index in [1.165, 1.54) is 32.1 Å². The molecule has 0 amide bonds. The molecular formula is C22H39N6O2P. The highest BCUT2D eigenvalue weighted by atomic mass is 31.2. The standard InChI is InChI=1S/C22H39N6O2P/c1-22(2)16-29-31(30-17-22)13-12-27-8-10-28(11-9-27)20-14-19(23)25-21(26-20)24-15-18-6-4-3-5-7-18/h14,18H,3-13,15-17H2,1-2H3,(H3,23,24,25,26). The lowest BCUT2D eigenvalue weighted by Gasteiger charge is -2.37. The van der Waals surface area contributed by atoms with Gasteiger partial charge in [-0.1, -0.05) is 33.1 Å². The third-order valence-electron chi connectivity index (χ3n) is 6.50. The van der Waals surface area contributed by atoms with Gasteiger partial charge in [0.2, 0.25) is 5.95 Å². The number of nitrogens with zero attached hydrogens (tertiary/aromatic N) is 4. The molecule has 8 nitrogen and oxygen atoms in total. The van der Waals surface area contributed by atoms with E-state index in [1.54, 1.807) is 0 Å². The van der Waals surface area contributed by atoms with E-state index in [-0.39, 0.29) is 5.41 Å². The maximum atomic E-state index is 6.10. The molecule has 4 rings (SSSR count). The summed E-state index contributed by atoms with van der Waals surface area (Å²) in [5.74, 6) is 2.87. The summed E-state index contributed by atoms with van der Waals surface area (Å²) in [6.07, 6.45) is 7.67. The SMILES string of the molecule is CC1(C)COP(CCN2CCN(c3cc(N)nc(NCC4CCCCC4)n3)CC2)OC1. The van der Waals surface area contributed by atoms with Gasteiger partial charge in [-0.05, 0) is 18.8 Å². The van der Waals surface area contributed by atoms with Gasteiger partial charge in [0.15, 0.2) is 8.38 Å². The number of piperazine rings is 1. The van der Waals surface area contributed by atoms with Crippen molar-refractivity contribution in [3.05, 3.63) is 6.07 Å². The molecule has 0 bridgehead atoms. The smallest absolute Gasteiger partial charge is 0.226 e. The lowest BCUT2D eigenvalue weighted by Crippen LogP contribution is -2.47. The molecule has 0 radical (unpaired) electrons. The first-order chi connectivity index (χ1) is 15.0. The van der Waals surface area contributed by atoms with E-state index < -0.39 is 8.38 Å². The highest BCUT2D eigenvalue weighted by Gasteiger charge is 2.29. The predicted octanol–water partition coefficient (Wildman–Crippen LogP) is 3.56. The first kappa shape index (κ1) is 23.0. The van der Waals surface area contributed by atoms with E-state index in [4.69, 9.17) is 19.8 Å². The molecule has 0 atom stereocenters. The van der Waals surface area contributed by atoms with Gasteiger partial charge in [-0.25, -0.2) is 0 Å². The fraction of sp³-hybridized carbons (Fsp3) is 0.818. The zero-order valence-corrected chi connectivity index (χ0v) is 20.1.